The van der Waals surface area contributed by atoms with Crippen LogP contribution in [0.3, 0.4) is 0 Å². The van der Waals surface area contributed by atoms with Crippen molar-refractivity contribution in [2.24, 2.45) is 14.1 Å². The van der Waals surface area contributed by atoms with Crippen molar-refractivity contribution in [3.8, 4) is 10.7 Å². The van der Waals surface area contributed by atoms with Crippen molar-refractivity contribution in [2.75, 3.05) is 0 Å². The van der Waals surface area contributed by atoms with Gasteiger partial charge in [-0.2, -0.15) is 9.13 Å². The van der Waals surface area contributed by atoms with Crippen LogP contribution in [-0.2, 0) is 14.1 Å². The average Bonchev–Trinajstić information content (AvgIpc) is 2.85. The molecule has 0 bridgehead atoms. The van der Waals surface area contributed by atoms with E-state index in [1.807, 2.05) is 11.3 Å². The first-order valence-corrected chi connectivity index (χ1v) is 7.83. The van der Waals surface area contributed by atoms with Crippen LogP contribution in [-0.4, -0.2) is 0 Å². The SMILES string of the molecule is C[n+]1c(-c2sc3ccccc3[n+]2C)ccc2ccccc21.[I-].[I-]. The van der Waals surface area contributed by atoms with Gasteiger partial charge in [0.25, 0.3) is 5.69 Å². The highest BCUT2D eigenvalue weighted by Crippen LogP contribution is 2.27. The smallest absolute Gasteiger partial charge is 0.335 e. The summed E-state index contributed by atoms with van der Waals surface area (Å²) in [6, 6.07) is 21.5. The Kier molecular flexibility index (Phi) is 5.96. The highest BCUT2D eigenvalue weighted by Gasteiger charge is 2.26. The van der Waals surface area contributed by atoms with Crippen molar-refractivity contribution < 1.29 is 57.1 Å². The number of nitrogens with zero attached hydrogens (tertiary/aromatic N) is 2. The van der Waals surface area contributed by atoms with Crippen LogP contribution in [0, 0.1) is 0 Å². The highest BCUT2D eigenvalue weighted by atomic mass is 127. The minimum Gasteiger partial charge on any atom is -1.00 e. The Morgan fingerprint density at radius 2 is 1.35 bits per heavy atom. The van der Waals surface area contributed by atoms with Crippen LogP contribution in [0.25, 0.3) is 31.8 Å². The van der Waals surface area contributed by atoms with Gasteiger partial charge < -0.3 is 48.0 Å². The van der Waals surface area contributed by atoms with Crippen molar-refractivity contribution in [3.63, 3.8) is 0 Å². The quantitative estimate of drug-likeness (QED) is 0.183. The van der Waals surface area contributed by atoms with Crippen LogP contribution in [0.2, 0.25) is 0 Å². The Morgan fingerprint density at radius 3 is 2.09 bits per heavy atom. The van der Waals surface area contributed by atoms with Gasteiger partial charge in [0.1, 0.15) is 18.8 Å². The van der Waals surface area contributed by atoms with Crippen LogP contribution in [0.15, 0.2) is 60.7 Å². The maximum absolute atomic E-state index is 2.28. The second-order valence-electron chi connectivity index (χ2n) is 5.27. The molecule has 2 nitrogen and oxygen atoms in total. The van der Waals surface area contributed by atoms with E-state index >= 15 is 0 Å². The molecule has 0 saturated carbocycles. The van der Waals surface area contributed by atoms with Gasteiger partial charge in [0.2, 0.25) is 11.0 Å². The zero-order chi connectivity index (χ0) is 14.4. The number of aryl methyl sites for hydroxylation is 2. The Balaban J connectivity index is 0.000000960. The van der Waals surface area contributed by atoms with E-state index in [4.69, 9.17) is 0 Å². The summed E-state index contributed by atoms with van der Waals surface area (Å²) in [5.41, 5.74) is 3.79. The lowest BCUT2D eigenvalue weighted by Crippen LogP contribution is -3.00. The van der Waals surface area contributed by atoms with E-state index in [2.05, 4.69) is 83.9 Å². The standard InChI is InChI=1S/C18H16N2S.2HI/c1-19-14-8-4-3-7-13(14)11-12-16(19)18-20(2)15-9-5-6-10-17(15)21-18;;/h3-12H,1-2H3;2*1H/q+2;;/p-2. The van der Waals surface area contributed by atoms with Gasteiger partial charge in [0.05, 0.1) is 0 Å². The first-order valence-electron chi connectivity index (χ1n) is 7.01. The topological polar surface area (TPSA) is 7.76 Å². The lowest BCUT2D eigenvalue weighted by Gasteiger charge is -1.99. The summed E-state index contributed by atoms with van der Waals surface area (Å²) in [5, 5.41) is 2.55. The van der Waals surface area contributed by atoms with Gasteiger partial charge in [-0.25, -0.2) is 0 Å². The third kappa shape index (κ3) is 3.10. The number of benzene rings is 2. The fourth-order valence-electron chi connectivity index (χ4n) is 2.89. The Morgan fingerprint density at radius 1 is 0.696 bits per heavy atom. The molecular formula is C18H16I2N2S. The second kappa shape index (κ2) is 7.40. The molecular weight excluding hydrogens is 530 g/mol. The number of hydrogen-bond donors (Lipinski definition) is 0. The van der Waals surface area contributed by atoms with E-state index < -0.39 is 0 Å². The monoisotopic (exact) mass is 546 g/mol. The fraction of sp³-hybridized carbons (Fsp3) is 0.111. The van der Waals surface area contributed by atoms with Gasteiger partial charge in [-0.05, 0) is 18.2 Å². The Bertz CT molecular complexity index is 979. The van der Waals surface area contributed by atoms with Gasteiger partial charge in [-0.15, -0.1) is 0 Å². The van der Waals surface area contributed by atoms with Gasteiger partial charge in [-0.3, -0.25) is 0 Å². The normalized spacial score (nSPS) is 10.3. The molecule has 0 amide bonds. The molecule has 0 aliphatic heterocycles. The molecule has 2 aromatic heterocycles. The summed E-state index contributed by atoms with van der Waals surface area (Å²) in [6.45, 7) is 0. The Hall–Kier alpha value is -0.800. The molecule has 23 heavy (non-hydrogen) atoms. The zero-order valence-electron chi connectivity index (χ0n) is 12.8. The number of halogens is 2. The van der Waals surface area contributed by atoms with Gasteiger partial charge in [0, 0.05) is 23.6 Å². The molecule has 0 unspecified atom stereocenters. The Labute approximate surface area is 173 Å². The lowest BCUT2D eigenvalue weighted by atomic mass is 10.2. The average molecular weight is 546 g/mol. The summed E-state index contributed by atoms with van der Waals surface area (Å²) < 4.78 is 5.88. The van der Waals surface area contributed by atoms with Gasteiger partial charge >= 0.3 is 5.01 Å². The number of fused-ring (bicyclic) bond motifs is 2. The summed E-state index contributed by atoms with van der Waals surface area (Å²) in [7, 11) is 4.28. The van der Waals surface area contributed by atoms with Crippen molar-refractivity contribution in [2.45, 2.75) is 0 Å². The fourth-order valence-corrected chi connectivity index (χ4v) is 4.09. The van der Waals surface area contributed by atoms with Gasteiger partial charge in [0.15, 0.2) is 0 Å². The number of rotatable bonds is 1. The minimum absolute atomic E-state index is 0. The van der Waals surface area contributed by atoms with Crippen LogP contribution in [0.5, 0.6) is 0 Å². The summed E-state index contributed by atoms with van der Waals surface area (Å²) in [6.07, 6.45) is 0. The van der Waals surface area contributed by atoms with Crippen molar-refractivity contribution in [1.82, 2.24) is 0 Å². The molecule has 0 saturated heterocycles. The largest absolute Gasteiger partial charge is 1.00 e. The number of aromatic nitrogens is 2. The van der Waals surface area contributed by atoms with E-state index in [9.17, 15) is 0 Å². The molecule has 4 aromatic rings. The first-order chi connectivity index (χ1) is 10.3. The second-order valence-corrected chi connectivity index (χ2v) is 6.30. The predicted molar refractivity (Wildman–Crippen MR) is 87.1 cm³/mol. The first kappa shape index (κ1) is 18.5. The van der Waals surface area contributed by atoms with E-state index in [0.29, 0.717) is 0 Å². The molecule has 0 atom stereocenters. The molecule has 0 N–H and O–H groups in total. The molecule has 0 aliphatic carbocycles. The van der Waals surface area contributed by atoms with Crippen molar-refractivity contribution in [3.05, 3.63) is 60.7 Å². The third-order valence-electron chi connectivity index (χ3n) is 4.04. The lowest BCUT2D eigenvalue weighted by molar-refractivity contribution is -0.661. The minimum atomic E-state index is 0. The van der Waals surface area contributed by atoms with Gasteiger partial charge in [-0.1, -0.05) is 35.6 Å². The zero-order valence-corrected chi connectivity index (χ0v) is 18.0. The predicted octanol–water partition coefficient (Wildman–Crippen LogP) is -2.62. The summed E-state index contributed by atoms with van der Waals surface area (Å²) in [5.74, 6) is 0. The van der Waals surface area contributed by atoms with Crippen LogP contribution in [0.4, 0.5) is 0 Å². The summed E-state index contributed by atoms with van der Waals surface area (Å²) in [4.78, 5) is 0. The number of pyridine rings is 1. The molecule has 0 radical (unpaired) electrons. The van der Waals surface area contributed by atoms with Crippen molar-refractivity contribution in [1.29, 1.82) is 0 Å². The third-order valence-corrected chi connectivity index (χ3v) is 5.28. The molecule has 2 aromatic carbocycles. The van der Waals surface area contributed by atoms with Crippen LogP contribution < -0.4 is 57.1 Å². The van der Waals surface area contributed by atoms with Crippen LogP contribution in [0.1, 0.15) is 0 Å². The van der Waals surface area contributed by atoms with E-state index in [1.165, 1.54) is 31.8 Å². The number of thiazole rings is 1. The number of hydrogen-bond acceptors (Lipinski definition) is 1. The highest BCUT2D eigenvalue weighted by molar-refractivity contribution is 7.21. The van der Waals surface area contributed by atoms with E-state index in [0.717, 1.165) is 0 Å². The van der Waals surface area contributed by atoms with Crippen molar-refractivity contribution >= 4 is 32.5 Å². The molecule has 5 heteroatoms. The molecule has 2 heterocycles. The van der Waals surface area contributed by atoms with E-state index in [-0.39, 0.29) is 48.0 Å². The molecule has 118 valence electrons. The summed E-state index contributed by atoms with van der Waals surface area (Å²) >= 11 is 1.84. The maximum atomic E-state index is 2.28. The molecule has 4 rings (SSSR count). The molecule has 0 aliphatic rings. The maximum Gasteiger partial charge on any atom is 0.335 e. The van der Waals surface area contributed by atoms with E-state index in [1.54, 1.807) is 0 Å². The van der Waals surface area contributed by atoms with Crippen LogP contribution >= 0.6 is 11.3 Å². The molecule has 0 fully saturated rings. The number of para-hydroxylation sites is 2. The molecule has 0 spiro atoms.